The Morgan fingerprint density at radius 1 is 1.47 bits per heavy atom. The van der Waals surface area contributed by atoms with E-state index in [2.05, 4.69) is 10.1 Å². The van der Waals surface area contributed by atoms with Gasteiger partial charge in [-0.05, 0) is 13.8 Å². The summed E-state index contributed by atoms with van der Waals surface area (Å²) in [4.78, 5) is 15.4. The molecule has 94 valence electrons. The molecule has 0 fully saturated rings. The molecule has 0 bridgehead atoms. The van der Waals surface area contributed by atoms with Gasteiger partial charge in [-0.2, -0.15) is 4.98 Å². The lowest BCUT2D eigenvalue weighted by Crippen LogP contribution is -2.14. The molecule has 0 aliphatic heterocycles. The van der Waals surface area contributed by atoms with Crippen molar-refractivity contribution in [1.29, 1.82) is 0 Å². The fourth-order valence-electron chi connectivity index (χ4n) is 1.10. The molecule has 17 heavy (non-hydrogen) atoms. The third-order valence-corrected chi connectivity index (χ3v) is 2.06. The summed E-state index contributed by atoms with van der Waals surface area (Å²) in [7, 11) is 0. The molecule has 1 aromatic heterocycles. The SMILES string of the molecule is C/C=C/C(=O)OC(C)c1nc(C(C)(C)C)no1. The molecule has 0 amide bonds. The van der Waals surface area contributed by atoms with E-state index in [1.165, 1.54) is 6.08 Å². The Morgan fingerprint density at radius 2 is 2.12 bits per heavy atom. The first-order chi connectivity index (χ1) is 7.84. The highest BCUT2D eigenvalue weighted by molar-refractivity contribution is 5.81. The van der Waals surface area contributed by atoms with Crippen LogP contribution in [0.5, 0.6) is 0 Å². The van der Waals surface area contributed by atoms with E-state index in [1.54, 1.807) is 19.9 Å². The van der Waals surface area contributed by atoms with Gasteiger partial charge in [0.05, 0.1) is 0 Å². The maximum absolute atomic E-state index is 11.2. The zero-order valence-corrected chi connectivity index (χ0v) is 10.9. The molecule has 1 atom stereocenters. The van der Waals surface area contributed by atoms with Crippen LogP contribution < -0.4 is 0 Å². The molecule has 0 aliphatic carbocycles. The van der Waals surface area contributed by atoms with Crippen LogP contribution in [0.25, 0.3) is 0 Å². The molecule has 0 N–H and O–H groups in total. The van der Waals surface area contributed by atoms with Crippen LogP contribution in [0.3, 0.4) is 0 Å². The molecule has 0 aromatic carbocycles. The van der Waals surface area contributed by atoms with Crippen LogP contribution in [-0.2, 0) is 14.9 Å². The van der Waals surface area contributed by atoms with Crippen LogP contribution in [0.2, 0.25) is 0 Å². The molecule has 1 unspecified atom stereocenters. The first-order valence-electron chi connectivity index (χ1n) is 5.52. The zero-order chi connectivity index (χ0) is 13.1. The van der Waals surface area contributed by atoms with Crippen molar-refractivity contribution < 1.29 is 14.1 Å². The van der Waals surface area contributed by atoms with Gasteiger partial charge < -0.3 is 9.26 Å². The van der Waals surface area contributed by atoms with Gasteiger partial charge in [0.1, 0.15) is 0 Å². The van der Waals surface area contributed by atoms with Gasteiger partial charge >= 0.3 is 5.97 Å². The highest BCUT2D eigenvalue weighted by atomic mass is 16.6. The number of hydrogen-bond acceptors (Lipinski definition) is 5. The summed E-state index contributed by atoms with van der Waals surface area (Å²) in [6.07, 6.45) is 2.42. The van der Waals surface area contributed by atoms with Gasteiger partial charge in [0.25, 0.3) is 5.89 Å². The molecule has 0 spiro atoms. The predicted molar refractivity (Wildman–Crippen MR) is 62.3 cm³/mol. The van der Waals surface area contributed by atoms with E-state index in [-0.39, 0.29) is 5.41 Å². The van der Waals surface area contributed by atoms with E-state index in [0.29, 0.717) is 11.7 Å². The number of rotatable bonds is 3. The van der Waals surface area contributed by atoms with Crippen molar-refractivity contribution in [2.45, 2.75) is 46.1 Å². The molecule has 1 rings (SSSR count). The molecule has 5 nitrogen and oxygen atoms in total. The maximum Gasteiger partial charge on any atom is 0.331 e. The Hall–Kier alpha value is -1.65. The van der Waals surface area contributed by atoms with Gasteiger partial charge in [-0.1, -0.05) is 32.0 Å². The summed E-state index contributed by atoms with van der Waals surface area (Å²) in [5.41, 5.74) is -0.186. The summed E-state index contributed by atoms with van der Waals surface area (Å²) in [6.45, 7) is 9.39. The monoisotopic (exact) mass is 238 g/mol. The summed E-state index contributed by atoms with van der Waals surface area (Å²) < 4.78 is 10.2. The van der Waals surface area contributed by atoms with E-state index >= 15 is 0 Å². The quantitative estimate of drug-likeness (QED) is 0.598. The fourth-order valence-corrected chi connectivity index (χ4v) is 1.10. The Kier molecular flexibility index (Phi) is 4.04. The lowest BCUT2D eigenvalue weighted by molar-refractivity contribution is -0.143. The van der Waals surface area contributed by atoms with Crippen LogP contribution in [0.15, 0.2) is 16.7 Å². The average Bonchev–Trinajstić information content (AvgIpc) is 2.65. The second-order valence-corrected chi connectivity index (χ2v) is 4.79. The first kappa shape index (κ1) is 13.4. The molecule has 5 heteroatoms. The van der Waals surface area contributed by atoms with E-state index in [4.69, 9.17) is 9.26 Å². The maximum atomic E-state index is 11.2. The highest BCUT2D eigenvalue weighted by Crippen LogP contribution is 2.22. The van der Waals surface area contributed by atoms with Crippen molar-refractivity contribution in [3.05, 3.63) is 23.9 Å². The molecule has 0 saturated carbocycles. The minimum absolute atomic E-state index is 0.186. The molecule has 0 saturated heterocycles. The summed E-state index contributed by atoms with van der Waals surface area (Å²) in [5, 5.41) is 3.87. The Labute approximate surface area is 101 Å². The van der Waals surface area contributed by atoms with E-state index in [9.17, 15) is 4.79 Å². The van der Waals surface area contributed by atoms with Gasteiger partial charge in [0, 0.05) is 11.5 Å². The van der Waals surface area contributed by atoms with Crippen LogP contribution in [0.1, 0.15) is 52.4 Å². The number of ether oxygens (including phenoxy) is 1. The zero-order valence-electron chi connectivity index (χ0n) is 10.9. The number of carbonyl (C=O) groups excluding carboxylic acids is 1. The van der Waals surface area contributed by atoms with Crippen LogP contribution >= 0.6 is 0 Å². The standard InChI is InChI=1S/C12H18N2O3/c1-6-7-9(15)16-8(2)10-13-11(14-17-10)12(3,4)5/h6-8H,1-5H3/b7-6+. The smallest absolute Gasteiger partial charge is 0.331 e. The van der Waals surface area contributed by atoms with Gasteiger partial charge in [-0.3, -0.25) is 0 Å². The van der Waals surface area contributed by atoms with Gasteiger partial charge in [-0.25, -0.2) is 4.79 Å². The first-order valence-corrected chi connectivity index (χ1v) is 5.52. The van der Waals surface area contributed by atoms with Crippen molar-refractivity contribution in [2.75, 3.05) is 0 Å². The van der Waals surface area contributed by atoms with Crippen LogP contribution in [-0.4, -0.2) is 16.1 Å². The number of aromatic nitrogens is 2. The van der Waals surface area contributed by atoms with Crippen molar-refractivity contribution >= 4 is 5.97 Å². The fraction of sp³-hybridized carbons (Fsp3) is 0.583. The third kappa shape index (κ3) is 3.69. The molecule has 1 aromatic rings. The van der Waals surface area contributed by atoms with Crippen LogP contribution in [0, 0.1) is 0 Å². The lowest BCUT2D eigenvalue weighted by atomic mass is 9.96. The number of allylic oxidation sites excluding steroid dienone is 1. The third-order valence-electron chi connectivity index (χ3n) is 2.06. The van der Waals surface area contributed by atoms with Gasteiger partial charge in [0.15, 0.2) is 11.9 Å². The molecule has 1 heterocycles. The van der Waals surface area contributed by atoms with Crippen LogP contribution in [0.4, 0.5) is 0 Å². The van der Waals surface area contributed by atoms with E-state index in [0.717, 1.165) is 0 Å². The van der Waals surface area contributed by atoms with Crippen molar-refractivity contribution in [1.82, 2.24) is 10.1 Å². The van der Waals surface area contributed by atoms with Crippen molar-refractivity contribution in [3.8, 4) is 0 Å². The number of nitrogens with zero attached hydrogens (tertiary/aromatic N) is 2. The molecule has 0 radical (unpaired) electrons. The van der Waals surface area contributed by atoms with E-state index in [1.807, 2.05) is 20.8 Å². The van der Waals surface area contributed by atoms with Crippen molar-refractivity contribution in [2.24, 2.45) is 0 Å². The van der Waals surface area contributed by atoms with E-state index < -0.39 is 12.1 Å². The summed E-state index contributed by atoms with van der Waals surface area (Å²) in [6, 6.07) is 0. The van der Waals surface area contributed by atoms with Crippen molar-refractivity contribution in [3.63, 3.8) is 0 Å². The molecular formula is C12H18N2O3. The normalized spacial score (nSPS) is 13.9. The topological polar surface area (TPSA) is 65.2 Å². The Bertz CT molecular complexity index is 416. The Balaban J connectivity index is 2.74. The second-order valence-electron chi connectivity index (χ2n) is 4.79. The number of hydrogen-bond donors (Lipinski definition) is 0. The summed E-state index contributed by atoms with van der Waals surface area (Å²) >= 11 is 0. The highest BCUT2D eigenvalue weighted by Gasteiger charge is 2.24. The largest absolute Gasteiger partial charge is 0.449 e. The Morgan fingerprint density at radius 3 is 2.59 bits per heavy atom. The average molecular weight is 238 g/mol. The predicted octanol–water partition coefficient (Wildman–Crippen LogP) is 2.55. The second kappa shape index (κ2) is 5.12. The van der Waals surface area contributed by atoms with Gasteiger partial charge in [0.2, 0.25) is 0 Å². The number of carbonyl (C=O) groups is 1. The van der Waals surface area contributed by atoms with Gasteiger partial charge in [-0.15, -0.1) is 0 Å². The minimum atomic E-state index is -0.540. The molecule has 0 aliphatic rings. The minimum Gasteiger partial charge on any atom is -0.449 e. The molecular weight excluding hydrogens is 220 g/mol. The summed E-state index contributed by atoms with van der Waals surface area (Å²) in [5.74, 6) is 0.490. The lowest BCUT2D eigenvalue weighted by Gasteiger charge is -2.11. The number of esters is 1.